The molecule has 0 unspecified atom stereocenters. The second-order valence-electron chi connectivity index (χ2n) is 10.2. The van der Waals surface area contributed by atoms with Gasteiger partial charge in [-0.05, 0) is 49.8 Å². The van der Waals surface area contributed by atoms with E-state index in [0.717, 1.165) is 19.0 Å². The van der Waals surface area contributed by atoms with Crippen LogP contribution in [0.4, 0.5) is 5.69 Å². The summed E-state index contributed by atoms with van der Waals surface area (Å²) >= 11 is 0. The van der Waals surface area contributed by atoms with Crippen LogP contribution in [0.25, 0.3) is 0 Å². The number of hydrogen-bond acceptors (Lipinski definition) is 5. The predicted molar refractivity (Wildman–Crippen MR) is 135 cm³/mol. The third-order valence-electron chi connectivity index (χ3n) is 7.40. The van der Waals surface area contributed by atoms with Crippen molar-refractivity contribution in [3.63, 3.8) is 0 Å². The van der Waals surface area contributed by atoms with Gasteiger partial charge in [-0.15, -0.1) is 0 Å². The normalized spacial score (nSPS) is 25.6. The van der Waals surface area contributed by atoms with E-state index >= 15 is 0 Å². The van der Waals surface area contributed by atoms with E-state index in [4.69, 9.17) is 9.47 Å². The average molecular weight is 474 g/mol. The van der Waals surface area contributed by atoms with Crippen molar-refractivity contribution in [2.24, 2.45) is 11.8 Å². The van der Waals surface area contributed by atoms with Gasteiger partial charge < -0.3 is 19.7 Å². The number of hydrogen-bond donors (Lipinski definition) is 1. The highest BCUT2D eigenvalue weighted by Crippen LogP contribution is 2.28. The summed E-state index contributed by atoms with van der Waals surface area (Å²) in [5, 5.41) is 2.85. The van der Waals surface area contributed by atoms with Gasteiger partial charge in [-0.3, -0.25) is 14.5 Å². The van der Waals surface area contributed by atoms with Crippen LogP contribution in [0, 0.1) is 11.8 Å². The number of amides is 2. The van der Waals surface area contributed by atoms with Crippen LogP contribution in [0.5, 0.6) is 5.75 Å². The van der Waals surface area contributed by atoms with Crippen molar-refractivity contribution >= 4 is 17.5 Å². The number of likely N-dealkylation sites (N-methyl/N-ethyl adjacent to an activating group) is 1. The Kier molecular flexibility index (Phi) is 9.77. The first kappa shape index (κ1) is 26.5. The van der Waals surface area contributed by atoms with Crippen molar-refractivity contribution in [1.29, 1.82) is 0 Å². The maximum absolute atomic E-state index is 13.4. The molecule has 34 heavy (non-hydrogen) atoms. The van der Waals surface area contributed by atoms with Crippen LogP contribution in [0.3, 0.4) is 0 Å². The van der Waals surface area contributed by atoms with Crippen molar-refractivity contribution in [3.05, 3.63) is 23.8 Å². The van der Waals surface area contributed by atoms with E-state index in [1.54, 1.807) is 44.2 Å². The van der Waals surface area contributed by atoms with Crippen LogP contribution in [-0.4, -0.2) is 74.2 Å². The lowest BCUT2D eigenvalue weighted by Gasteiger charge is -2.38. The van der Waals surface area contributed by atoms with Crippen molar-refractivity contribution in [1.82, 2.24) is 9.80 Å². The van der Waals surface area contributed by atoms with Crippen LogP contribution < -0.4 is 10.1 Å². The highest BCUT2D eigenvalue weighted by Gasteiger charge is 2.29. The van der Waals surface area contributed by atoms with Crippen LogP contribution in [0.1, 0.15) is 69.7 Å². The van der Waals surface area contributed by atoms with Gasteiger partial charge in [-0.25, -0.2) is 0 Å². The summed E-state index contributed by atoms with van der Waals surface area (Å²) in [5.41, 5.74) is 1.07. The number of anilines is 1. The van der Waals surface area contributed by atoms with Crippen LogP contribution >= 0.6 is 0 Å². The Morgan fingerprint density at radius 3 is 2.59 bits per heavy atom. The highest BCUT2D eigenvalue weighted by atomic mass is 16.5. The molecule has 0 radical (unpaired) electrons. The summed E-state index contributed by atoms with van der Waals surface area (Å²) in [5.74, 6) is 1.33. The van der Waals surface area contributed by atoms with E-state index in [1.807, 2.05) is 0 Å². The third-order valence-corrected chi connectivity index (χ3v) is 7.40. The van der Waals surface area contributed by atoms with Gasteiger partial charge in [0.15, 0.2) is 0 Å². The molecule has 0 aromatic heterocycles. The number of methoxy groups -OCH3 is 1. The topological polar surface area (TPSA) is 71.1 Å². The van der Waals surface area contributed by atoms with Gasteiger partial charge >= 0.3 is 0 Å². The minimum atomic E-state index is -0.135. The first-order valence-corrected chi connectivity index (χ1v) is 12.9. The molecule has 3 rings (SSSR count). The molecule has 2 aliphatic rings. The fourth-order valence-corrected chi connectivity index (χ4v) is 5.13. The smallest absolute Gasteiger partial charge is 0.257 e. The first-order valence-electron chi connectivity index (χ1n) is 12.9. The molecule has 1 fully saturated rings. The van der Waals surface area contributed by atoms with Gasteiger partial charge in [0, 0.05) is 51.9 Å². The van der Waals surface area contributed by atoms with E-state index in [0.29, 0.717) is 36.6 Å². The van der Waals surface area contributed by atoms with Crippen molar-refractivity contribution in [3.8, 4) is 5.75 Å². The molecule has 2 amide bonds. The molecular weight excluding hydrogens is 430 g/mol. The van der Waals surface area contributed by atoms with Gasteiger partial charge in [0.25, 0.3) is 5.91 Å². The second kappa shape index (κ2) is 12.5. The van der Waals surface area contributed by atoms with Crippen molar-refractivity contribution in [2.45, 2.75) is 71.4 Å². The summed E-state index contributed by atoms with van der Waals surface area (Å²) in [6.07, 6.45) is 6.94. The molecule has 0 bridgehead atoms. The Labute approximate surface area is 205 Å². The minimum Gasteiger partial charge on any atom is -0.491 e. The van der Waals surface area contributed by atoms with E-state index < -0.39 is 0 Å². The Morgan fingerprint density at radius 2 is 1.91 bits per heavy atom. The largest absolute Gasteiger partial charge is 0.491 e. The fraction of sp³-hybridized carbons (Fsp3) is 0.704. The molecule has 190 valence electrons. The van der Waals surface area contributed by atoms with Gasteiger partial charge in [-0.1, -0.05) is 33.1 Å². The molecule has 1 aromatic carbocycles. The number of carbonyl (C=O) groups excluding carboxylic acids is 2. The molecule has 1 saturated carbocycles. The number of rotatable bonds is 5. The quantitative estimate of drug-likeness (QED) is 0.685. The molecule has 7 nitrogen and oxygen atoms in total. The molecule has 1 heterocycles. The zero-order valence-electron chi connectivity index (χ0n) is 21.6. The molecule has 1 aliphatic carbocycles. The molecule has 1 aromatic rings. The Bertz CT molecular complexity index is 824. The van der Waals surface area contributed by atoms with Crippen LogP contribution in [0.2, 0.25) is 0 Å². The molecule has 7 heteroatoms. The molecule has 1 aliphatic heterocycles. The number of fused-ring (bicyclic) bond motifs is 1. The van der Waals surface area contributed by atoms with Gasteiger partial charge in [0.2, 0.25) is 5.91 Å². The van der Waals surface area contributed by atoms with Gasteiger partial charge in [-0.2, -0.15) is 0 Å². The van der Waals surface area contributed by atoms with E-state index in [9.17, 15) is 9.59 Å². The third kappa shape index (κ3) is 6.95. The van der Waals surface area contributed by atoms with Crippen LogP contribution in [-0.2, 0) is 9.53 Å². The predicted octanol–water partition coefficient (Wildman–Crippen LogP) is 4.42. The maximum atomic E-state index is 13.4. The maximum Gasteiger partial charge on any atom is 0.257 e. The lowest BCUT2D eigenvalue weighted by molar-refractivity contribution is -0.115. The highest BCUT2D eigenvalue weighted by molar-refractivity contribution is 5.99. The van der Waals surface area contributed by atoms with Gasteiger partial charge in [0.1, 0.15) is 12.4 Å². The number of carbonyl (C=O) groups is 2. The Morgan fingerprint density at radius 1 is 1.18 bits per heavy atom. The standard InChI is InChI=1S/C27H43N3O4/c1-6-26(31)28-22-12-13-24-23(14-22)27(32)29(4)17-25(33-5)19(2)15-30(20(3)18-34-24)16-21-10-8-7-9-11-21/h12-14,19-21,25H,6-11,15-18H2,1-5H3,(H,28,31)/t19-,20-,25-/m0/s1. The van der Waals surface area contributed by atoms with Crippen molar-refractivity contribution < 1.29 is 19.1 Å². The zero-order valence-corrected chi connectivity index (χ0v) is 21.6. The van der Waals surface area contributed by atoms with E-state index in [2.05, 4.69) is 24.1 Å². The Hall–Kier alpha value is -2.12. The summed E-state index contributed by atoms with van der Waals surface area (Å²) < 4.78 is 12.1. The molecule has 0 spiro atoms. The number of benzene rings is 1. The second-order valence-corrected chi connectivity index (χ2v) is 10.2. The first-order chi connectivity index (χ1) is 16.3. The SMILES string of the molecule is CCC(=O)Nc1ccc2c(c1)C(=O)N(C)C[C@H](OC)[C@@H](C)CN(CC1CCCCC1)[C@@H](C)CO2. The molecular formula is C27H43N3O4. The molecule has 0 saturated heterocycles. The average Bonchev–Trinajstić information content (AvgIpc) is 2.85. The number of nitrogens with zero attached hydrogens (tertiary/aromatic N) is 2. The minimum absolute atomic E-state index is 0.0678. The zero-order chi connectivity index (χ0) is 24.7. The summed E-state index contributed by atoms with van der Waals surface area (Å²) in [6, 6.07) is 5.54. The van der Waals surface area contributed by atoms with Gasteiger partial charge in [0.05, 0.1) is 11.7 Å². The number of ether oxygens (including phenoxy) is 2. The molecule has 3 atom stereocenters. The fourth-order valence-electron chi connectivity index (χ4n) is 5.13. The van der Waals surface area contributed by atoms with Crippen LogP contribution in [0.15, 0.2) is 18.2 Å². The lowest BCUT2D eigenvalue weighted by Crippen LogP contribution is -2.48. The summed E-state index contributed by atoms with van der Waals surface area (Å²) in [7, 11) is 3.53. The summed E-state index contributed by atoms with van der Waals surface area (Å²) in [4.78, 5) is 29.6. The van der Waals surface area contributed by atoms with Crippen molar-refractivity contribution in [2.75, 3.05) is 45.7 Å². The Balaban J connectivity index is 1.88. The lowest BCUT2D eigenvalue weighted by atomic mass is 9.88. The number of nitrogens with one attached hydrogen (secondary N) is 1. The van der Waals surface area contributed by atoms with E-state index in [-0.39, 0.29) is 29.9 Å². The summed E-state index contributed by atoms with van der Waals surface area (Å²) in [6.45, 7) is 9.22. The monoisotopic (exact) mass is 473 g/mol. The molecule has 1 N–H and O–H groups in total. The van der Waals surface area contributed by atoms with E-state index in [1.165, 1.54) is 32.1 Å².